The lowest BCUT2D eigenvalue weighted by Gasteiger charge is -2.34. The maximum absolute atomic E-state index is 12.4. The van der Waals surface area contributed by atoms with E-state index in [1.165, 1.54) is 24.3 Å². The summed E-state index contributed by atoms with van der Waals surface area (Å²) in [6.45, 7) is -3.32. The van der Waals surface area contributed by atoms with Crippen LogP contribution in [0.15, 0.2) is 30.3 Å². The third-order valence-corrected chi connectivity index (χ3v) is 2.57. The number of carbonyl (C=O) groups excluding carboxylic acids is 2. The van der Waals surface area contributed by atoms with E-state index in [1.54, 1.807) is 6.07 Å². The van der Waals surface area contributed by atoms with Gasteiger partial charge in [-0.15, -0.1) is 0 Å². The van der Waals surface area contributed by atoms with Crippen molar-refractivity contribution in [2.75, 3.05) is 6.67 Å². The Bertz CT molecular complexity index is 555. The van der Waals surface area contributed by atoms with Gasteiger partial charge in [0, 0.05) is 6.85 Å². The Hall–Kier alpha value is -1.84. The van der Waals surface area contributed by atoms with Crippen LogP contribution >= 0.6 is 0 Å². The van der Waals surface area contributed by atoms with Gasteiger partial charge >= 0.3 is 0 Å². The molecule has 2 N–H and O–H groups in total. The highest BCUT2D eigenvalue weighted by atomic mass is 16.2. The number of carbonyl (C=O) groups is 2. The van der Waals surface area contributed by atoms with E-state index >= 15 is 0 Å². The molecular weight excluding hydrogens is 204 g/mol. The first-order valence-corrected chi connectivity index (χ1v) is 4.78. The van der Waals surface area contributed by atoms with Gasteiger partial charge in [0.05, 0.1) is 6.67 Å². The van der Waals surface area contributed by atoms with Crippen LogP contribution in [0.5, 0.6) is 0 Å². The standard InChI is InChI=1S/C12H14N2O2/c1-2-12(9-6-4-3-5-7-9)10(15)13-8-14-11(12)16/h3-7H,2,8H2,1H3,(H,13,15)(H,14,16)/i1D3,2D2. The number of rotatable bonds is 2. The molecule has 0 aliphatic carbocycles. The summed E-state index contributed by atoms with van der Waals surface area (Å²) in [4.78, 5) is 24.7. The average molecular weight is 223 g/mol. The third kappa shape index (κ3) is 1.38. The molecule has 0 bridgehead atoms. The van der Waals surface area contributed by atoms with Crippen molar-refractivity contribution >= 4 is 11.8 Å². The van der Waals surface area contributed by atoms with Gasteiger partial charge in [-0.25, -0.2) is 0 Å². The molecule has 4 nitrogen and oxygen atoms in total. The van der Waals surface area contributed by atoms with E-state index in [0.717, 1.165) is 0 Å². The van der Waals surface area contributed by atoms with Crippen molar-refractivity contribution in [1.29, 1.82) is 0 Å². The molecule has 0 unspecified atom stereocenters. The van der Waals surface area contributed by atoms with Crippen molar-refractivity contribution in [3.8, 4) is 0 Å². The monoisotopic (exact) mass is 223 g/mol. The summed E-state index contributed by atoms with van der Waals surface area (Å²) < 4.78 is 38.3. The minimum absolute atomic E-state index is 0.000764. The Morgan fingerprint density at radius 3 is 2.50 bits per heavy atom. The van der Waals surface area contributed by atoms with Gasteiger partial charge in [-0.2, -0.15) is 0 Å². The van der Waals surface area contributed by atoms with Crippen molar-refractivity contribution in [2.24, 2.45) is 0 Å². The maximum Gasteiger partial charge on any atom is 0.241 e. The Balaban J connectivity index is 2.77. The molecule has 16 heavy (non-hydrogen) atoms. The van der Waals surface area contributed by atoms with Crippen LogP contribution in [0.1, 0.15) is 25.6 Å². The van der Waals surface area contributed by atoms with Crippen LogP contribution in [0.2, 0.25) is 0 Å². The van der Waals surface area contributed by atoms with Crippen molar-refractivity contribution in [3.63, 3.8) is 0 Å². The second-order valence-corrected chi connectivity index (χ2v) is 3.43. The lowest BCUT2D eigenvalue weighted by Crippen LogP contribution is -2.62. The largest absolute Gasteiger partial charge is 0.337 e. The maximum atomic E-state index is 12.4. The first-order chi connectivity index (χ1) is 9.65. The normalized spacial score (nSPS) is 25.1. The predicted octanol–water partition coefficient (Wildman–Crippen LogP) is 0.538. The molecule has 1 aliphatic rings. The van der Waals surface area contributed by atoms with E-state index in [0.29, 0.717) is 0 Å². The number of nitrogens with one attached hydrogen (secondary N) is 2. The summed E-state index contributed by atoms with van der Waals surface area (Å²) in [6.07, 6.45) is -3.07. The van der Waals surface area contributed by atoms with Gasteiger partial charge in [0.25, 0.3) is 0 Å². The highest BCUT2D eigenvalue weighted by Gasteiger charge is 2.47. The molecule has 0 atom stereocenters. The first kappa shape index (κ1) is 6.03. The number of amides is 2. The average Bonchev–Trinajstić information content (AvgIpc) is 2.38. The van der Waals surface area contributed by atoms with Crippen LogP contribution in [0.3, 0.4) is 0 Å². The minimum Gasteiger partial charge on any atom is -0.337 e. The summed E-state index contributed by atoms with van der Waals surface area (Å²) in [7, 11) is 0. The van der Waals surface area contributed by atoms with Crippen molar-refractivity contribution < 1.29 is 16.4 Å². The van der Waals surface area contributed by atoms with Gasteiger partial charge in [0.2, 0.25) is 11.8 Å². The van der Waals surface area contributed by atoms with Crippen molar-refractivity contribution in [2.45, 2.75) is 18.6 Å². The fourth-order valence-corrected chi connectivity index (χ4v) is 1.71. The molecule has 4 heteroatoms. The molecule has 0 spiro atoms. The third-order valence-electron chi connectivity index (χ3n) is 2.57. The van der Waals surface area contributed by atoms with E-state index in [9.17, 15) is 9.59 Å². The zero-order valence-corrected chi connectivity index (χ0v) is 8.41. The zero-order chi connectivity index (χ0) is 15.9. The summed E-state index contributed by atoms with van der Waals surface area (Å²) in [5, 5.41) is 4.64. The van der Waals surface area contributed by atoms with E-state index < -0.39 is 30.5 Å². The quantitative estimate of drug-likeness (QED) is 0.719. The number of hydrogen-bond donors (Lipinski definition) is 2. The summed E-state index contributed by atoms with van der Waals surface area (Å²) in [6, 6.07) is 7.40. The second kappa shape index (κ2) is 3.96. The van der Waals surface area contributed by atoms with E-state index in [4.69, 9.17) is 6.85 Å². The molecular formula is C12H14N2O2. The van der Waals surface area contributed by atoms with Crippen LogP contribution in [-0.4, -0.2) is 18.5 Å². The molecule has 0 saturated carbocycles. The van der Waals surface area contributed by atoms with Crippen LogP contribution in [0, 0.1) is 0 Å². The van der Waals surface area contributed by atoms with E-state index in [-0.39, 0.29) is 12.2 Å². The molecule has 1 aromatic carbocycles. The number of benzene rings is 1. The SMILES string of the molecule is [2H]C([2H])([2H])C([2H])([2H])C1(c2ccccc2)C(=O)NCNC1=O. The predicted molar refractivity (Wildman–Crippen MR) is 59.6 cm³/mol. The molecule has 1 fully saturated rings. The van der Waals surface area contributed by atoms with E-state index in [2.05, 4.69) is 10.6 Å². The Kier molecular flexibility index (Phi) is 1.49. The van der Waals surface area contributed by atoms with Crippen molar-refractivity contribution in [3.05, 3.63) is 35.9 Å². The van der Waals surface area contributed by atoms with Crippen LogP contribution in [-0.2, 0) is 15.0 Å². The zero-order valence-electron chi connectivity index (χ0n) is 13.4. The van der Waals surface area contributed by atoms with Crippen LogP contribution in [0.4, 0.5) is 0 Å². The Morgan fingerprint density at radius 1 is 1.31 bits per heavy atom. The molecule has 0 aromatic heterocycles. The topological polar surface area (TPSA) is 58.2 Å². The summed E-state index contributed by atoms with van der Waals surface area (Å²) in [5.74, 6) is -1.92. The van der Waals surface area contributed by atoms with Gasteiger partial charge in [0.15, 0.2) is 5.41 Å². The lowest BCUT2D eigenvalue weighted by molar-refractivity contribution is -0.141. The summed E-state index contributed by atoms with van der Waals surface area (Å²) >= 11 is 0. The highest BCUT2D eigenvalue weighted by molar-refractivity contribution is 6.12. The van der Waals surface area contributed by atoms with Crippen LogP contribution in [0.25, 0.3) is 0 Å². The van der Waals surface area contributed by atoms with Gasteiger partial charge in [-0.3, -0.25) is 9.59 Å². The fourth-order valence-electron chi connectivity index (χ4n) is 1.71. The Morgan fingerprint density at radius 2 is 1.94 bits per heavy atom. The van der Waals surface area contributed by atoms with E-state index in [1.807, 2.05) is 0 Å². The number of hydrogen-bond acceptors (Lipinski definition) is 2. The molecule has 0 radical (unpaired) electrons. The van der Waals surface area contributed by atoms with Gasteiger partial charge in [0.1, 0.15) is 0 Å². The molecule has 1 heterocycles. The smallest absolute Gasteiger partial charge is 0.241 e. The molecule has 1 saturated heterocycles. The van der Waals surface area contributed by atoms with Crippen LogP contribution < -0.4 is 10.6 Å². The first-order valence-electron chi connectivity index (χ1n) is 7.28. The molecule has 1 aliphatic heterocycles. The molecule has 2 amide bonds. The van der Waals surface area contributed by atoms with Gasteiger partial charge in [-0.05, 0) is 11.9 Å². The lowest BCUT2D eigenvalue weighted by atomic mass is 9.75. The highest BCUT2D eigenvalue weighted by Crippen LogP contribution is 2.29. The summed E-state index contributed by atoms with van der Waals surface area (Å²) in [5.41, 5.74) is -2.46. The fraction of sp³-hybridized carbons (Fsp3) is 0.333. The molecule has 1 aromatic rings. The molecule has 2 rings (SSSR count). The van der Waals surface area contributed by atoms with Gasteiger partial charge in [-0.1, -0.05) is 37.2 Å². The molecule has 84 valence electrons. The second-order valence-electron chi connectivity index (χ2n) is 3.43. The van der Waals surface area contributed by atoms with Crippen molar-refractivity contribution in [1.82, 2.24) is 10.6 Å². The minimum atomic E-state index is -3.16. The Labute approximate surface area is 101 Å². The van der Waals surface area contributed by atoms with Gasteiger partial charge < -0.3 is 10.6 Å².